The largest absolute Gasteiger partial charge is 0.317 e. The fourth-order valence-electron chi connectivity index (χ4n) is 2.79. The van der Waals surface area contributed by atoms with Gasteiger partial charge < -0.3 is 10.2 Å². The van der Waals surface area contributed by atoms with Gasteiger partial charge in [-0.25, -0.2) is 4.39 Å². The molecule has 1 heterocycles. The molecule has 1 fully saturated rings. The Bertz CT molecular complexity index is 373. The lowest BCUT2D eigenvalue weighted by molar-refractivity contribution is 0.219. The summed E-state index contributed by atoms with van der Waals surface area (Å²) in [5, 5.41) is 3.38. The summed E-state index contributed by atoms with van der Waals surface area (Å²) in [6, 6.07) is 7.36. The molecular weight excluding hydrogens is 227 g/mol. The molecule has 0 radical (unpaired) electrons. The van der Waals surface area contributed by atoms with Crippen LogP contribution in [0.5, 0.6) is 0 Å². The molecule has 1 N–H and O–H groups in total. The third kappa shape index (κ3) is 3.30. The number of hydrogen-bond donors (Lipinski definition) is 1. The lowest BCUT2D eigenvalue weighted by Gasteiger charge is -2.31. The maximum atomic E-state index is 13.9. The zero-order chi connectivity index (χ0) is 13.0. The summed E-state index contributed by atoms with van der Waals surface area (Å²) in [5.41, 5.74) is 0.834. The summed E-state index contributed by atoms with van der Waals surface area (Å²) >= 11 is 0. The van der Waals surface area contributed by atoms with E-state index in [1.807, 2.05) is 26.2 Å². The highest BCUT2D eigenvalue weighted by molar-refractivity contribution is 5.21. The molecule has 100 valence electrons. The molecule has 0 amide bonds. The van der Waals surface area contributed by atoms with Gasteiger partial charge in [-0.2, -0.15) is 0 Å². The average Bonchev–Trinajstić information content (AvgIpc) is 2.38. The van der Waals surface area contributed by atoms with E-state index in [1.54, 1.807) is 12.1 Å². The van der Waals surface area contributed by atoms with Crippen molar-refractivity contribution in [2.75, 3.05) is 27.2 Å². The second kappa shape index (κ2) is 6.30. The van der Waals surface area contributed by atoms with Crippen molar-refractivity contribution < 1.29 is 4.39 Å². The molecule has 0 aromatic heterocycles. The van der Waals surface area contributed by atoms with Gasteiger partial charge in [0.15, 0.2) is 0 Å². The third-order valence-corrected chi connectivity index (χ3v) is 3.90. The Morgan fingerprint density at radius 1 is 1.28 bits per heavy atom. The van der Waals surface area contributed by atoms with Crippen LogP contribution in [-0.4, -0.2) is 32.1 Å². The summed E-state index contributed by atoms with van der Waals surface area (Å²) in [6.07, 6.45) is 3.47. The predicted molar refractivity (Wildman–Crippen MR) is 73.0 cm³/mol. The molecule has 0 saturated carbocycles. The van der Waals surface area contributed by atoms with Crippen molar-refractivity contribution in [1.82, 2.24) is 10.2 Å². The first kappa shape index (κ1) is 13.5. The van der Waals surface area contributed by atoms with Crippen LogP contribution >= 0.6 is 0 Å². The second-order valence-electron chi connectivity index (χ2n) is 5.43. The van der Waals surface area contributed by atoms with Gasteiger partial charge in [-0.05, 0) is 58.4 Å². The molecule has 0 bridgehead atoms. The normalized spacial score (nSPS) is 19.1. The number of piperidine rings is 1. The lowest BCUT2D eigenvalue weighted by atomic mass is 9.88. The SMILES string of the molecule is CN(C)C(CC1CCNCC1)c1ccccc1F. The van der Waals surface area contributed by atoms with Gasteiger partial charge in [-0.3, -0.25) is 0 Å². The highest BCUT2D eigenvalue weighted by Gasteiger charge is 2.23. The Labute approximate surface area is 109 Å². The first-order valence-electron chi connectivity index (χ1n) is 6.80. The molecule has 2 rings (SSSR count). The van der Waals surface area contributed by atoms with Crippen molar-refractivity contribution in [2.24, 2.45) is 5.92 Å². The van der Waals surface area contributed by atoms with E-state index in [1.165, 1.54) is 12.8 Å². The summed E-state index contributed by atoms with van der Waals surface area (Å²) in [5.74, 6) is 0.628. The van der Waals surface area contributed by atoms with E-state index in [0.29, 0.717) is 5.92 Å². The minimum atomic E-state index is -0.0786. The van der Waals surface area contributed by atoms with Gasteiger partial charge in [-0.1, -0.05) is 18.2 Å². The highest BCUT2D eigenvalue weighted by Crippen LogP contribution is 2.31. The number of nitrogens with zero attached hydrogens (tertiary/aromatic N) is 1. The molecule has 3 heteroatoms. The highest BCUT2D eigenvalue weighted by atomic mass is 19.1. The summed E-state index contributed by atoms with van der Waals surface area (Å²) in [6.45, 7) is 2.20. The number of halogens is 1. The topological polar surface area (TPSA) is 15.3 Å². The van der Waals surface area contributed by atoms with Crippen molar-refractivity contribution in [3.8, 4) is 0 Å². The summed E-state index contributed by atoms with van der Waals surface area (Å²) < 4.78 is 13.9. The average molecular weight is 250 g/mol. The maximum absolute atomic E-state index is 13.9. The van der Waals surface area contributed by atoms with Crippen LogP contribution in [0.2, 0.25) is 0 Å². The molecule has 2 nitrogen and oxygen atoms in total. The van der Waals surface area contributed by atoms with Crippen LogP contribution in [0, 0.1) is 11.7 Å². The molecule has 0 aliphatic carbocycles. The van der Waals surface area contributed by atoms with E-state index in [4.69, 9.17) is 0 Å². The van der Waals surface area contributed by atoms with Crippen molar-refractivity contribution >= 4 is 0 Å². The van der Waals surface area contributed by atoms with Crippen LogP contribution in [0.15, 0.2) is 24.3 Å². The van der Waals surface area contributed by atoms with Gasteiger partial charge in [0, 0.05) is 11.6 Å². The van der Waals surface area contributed by atoms with E-state index in [2.05, 4.69) is 10.2 Å². The van der Waals surface area contributed by atoms with Crippen molar-refractivity contribution in [2.45, 2.75) is 25.3 Å². The Morgan fingerprint density at radius 3 is 2.56 bits per heavy atom. The molecule has 1 aliphatic rings. The Morgan fingerprint density at radius 2 is 1.94 bits per heavy atom. The van der Waals surface area contributed by atoms with E-state index < -0.39 is 0 Å². The van der Waals surface area contributed by atoms with Crippen LogP contribution in [-0.2, 0) is 0 Å². The molecular formula is C15H23FN2. The molecule has 1 aromatic rings. The Balaban J connectivity index is 2.10. The van der Waals surface area contributed by atoms with Gasteiger partial charge in [0.25, 0.3) is 0 Å². The van der Waals surface area contributed by atoms with Gasteiger partial charge in [0.2, 0.25) is 0 Å². The standard InChI is InChI=1S/C15H23FN2/c1-18(2)15(11-12-7-9-17-10-8-12)13-5-3-4-6-14(13)16/h3-6,12,15,17H,7-11H2,1-2H3. The smallest absolute Gasteiger partial charge is 0.127 e. The van der Waals surface area contributed by atoms with E-state index in [-0.39, 0.29) is 11.9 Å². The van der Waals surface area contributed by atoms with Crippen molar-refractivity contribution in [1.29, 1.82) is 0 Å². The number of rotatable bonds is 4. The predicted octanol–water partition coefficient (Wildman–Crippen LogP) is 2.82. The molecule has 0 spiro atoms. The monoisotopic (exact) mass is 250 g/mol. The van der Waals surface area contributed by atoms with Crippen LogP contribution in [0.4, 0.5) is 4.39 Å². The van der Waals surface area contributed by atoms with Gasteiger partial charge in [0.1, 0.15) is 5.82 Å². The zero-order valence-corrected chi connectivity index (χ0v) is 11.3. The Hall–Kier alpha value is -0.930. The quantitative estimate of drug-likeness (QED) is 0.884. The van der Waals surface area contributed by atoms with Crippen LogP contribution in [0.3, 0.4) is 0 Å². The lowest BCUT2D eigenvalue weighted by Crippen LogP contribution is -2.31. The second-order valence-corrected chi connectivity index (χ2v) is 5.43. The van der Waals surface area contributed by atoms with E-state index >= 15 is 0 Å². The minimum Gasteiger partial charge on any atom is -0.317 e. The van der Waals surface area contributed by atoms with Gasteiger partial charge in [0.05, 0.1) is 0 Å². The molecule has 1 aliphatic heterocycles. The first-order chi connectivity index (χ1) is 8.68. The van der Waals surface area contributed by atoms with E-state index in [0.717, 1.165) is 25.1 Å². The van der Waals surface area contributed by atoms with Crippen LogP contribution < -0.4 is 5.32 Å². The molecule has 1 unspecified atom stereocenters. The van der Waals surface area contributed by atoms with Crippen LogP contribution in [0.25, 0.3) is 0 Å². The van der Waals surface area contributed by atoms with E-state index in [9.17, 15) is 4.39 Å². The van der Waals surface area contributed by atoms with Gasteiger partial charge in [-0.15, -0.1) is 0 Å². The first-order valence-corrected chi connectivity index (χ1v) is 6.80. The molecule has 18 heavy (non-hydrogen) atoms. The molecule has 1 aromatic carbocycles. The molecule has 1 saturated heterocycles. The fourth-order valence-corrected chi connectivity index (χ4v) is 2.79. The summed E-state index contributed by atoms with van der Waals surface area (Å²) in [4.78, 5) is 2.14. The number of nitrogens with one attached hydrogen (secondary N) is 1. The fraction of sp³-hybridized carbons (Fsp3) is 0.600. The van der Waals surface area contributed by atoms with Crippen LogP contribution in [0.1, 0.15) is 30.9 Å². The third-order valence-electron chi connectivity index (χ3n) is 3.90. The number of benzene rings is 1. The van der Waals surface area contributed by atoms with Crippen molar-refractivity contribution in [3.63, 3.8) is 0 Å². The Kier molecular flexibility index (Phi) is 4.72. The maximum Gasteiger partial charge on any atom is 0.127 e. The molecule has 1 atom stereocenters. The number of hydrogen-bond acceptors (Lipinski definition) is 2. The zero-order valence-electron chi connectivity index (χ0n) is 11.3. The summed E-state index contributed by atoms with van der Waals surface area (Å²) in [7, 11) is 4.08. The van der Waals surface area contributed by atoms with Gasteiger partial charge >= 0.3 is 0 Å². The minimum absolute atomic E-state index is 0.0786. The van der Waals surface area contributed by atoms with Crippen molar-refractivity contribution in [3.05, 3.63) is 35.6 Å².